The van der Waals surface area contributed by atoms with Crippen LogP contribution in [0.5, 0.6) is 0 Å². The maximum atomic E-state index is 14.1. The predicted octanol–water partition coefficient (Wildman–Crippen LogP) is -0.921. The van der Waals surface area contributed by atoms with E-state index in [0.717, 1.165) is 0 Å². The molecular weight excluding hydrogens is 269 g/mol. The fraction of sp³-hybridized carbons (Fsp3) is 0.583. The Labute approximate surface area is 114 Å². The molecule has 1 saturated heterocycles. The topological polar surface area (TPSA) is 99.8 Å². The van der Waals surface area contributed by atoms with E-state index in [1.54, 1.807) is 12.3 Å². The van der Waals surface area contributed by atoms with Gasteiger partial charge in [-0.2, -0.15) is 0 Å². The van der Waals surface area contributed by atoms with Crippen molar-refractivity contribution in [1.29, 1.82) is 0 Å². The Balaban J connectivity index is 1.96. The third-order valence-corrected chi connectivity index (χ3v) is 3.60. The third-order valence-electron chi connectivity index (χ3n) is 3.60. The van der Waals surface area contributed by atoms with Gasteiger partial charge in [0.25, 0.3) is 0 Å². The number of aromatic nitrogens is 2. The normalized spacial score (nSPS) is 36.5. The van der Waals surface area contributed by atoms with Crippen LogP contribution in [-0.2, 0) is 4.74 Å². The minimum atomic E-state index is -1.67. The molecule has 5 atom stereocenters. The minimum absolute atomic E-state index is 0.312. The van der Waals surface area contributed by atoms with E-state index in [2.05, 4.69) is 10.3 Å². The largest absolute Gasteiger partial charge is 0.394 e. The smallest absolute Gasteiger partial charge is 0.173 e. The molecular formula is C12H16FN3O4. The van der Waals surface area contributed by atoms with Crippen LogP contribution >= 0.6 is 0 Å². The molecule has 2 aliphatic rings. The molecule has 1 aromatic heterocycles. The molecule has 8 heteroatoms. The lowest BCUT2D eigenvalue weighted by atomic mass is 10.1. The second-order valence-corrected chi connectivity index (χ2v) is 4.86. The summed E-state index contributed by atoms with van der Waals surface area (Å²) in [4.78, 5) is 4.08. The van der Waals surface area contributed by atoms with Crippen LogP contribution in [0.4, 0.5) is 4.39 Å². The van der Waals surface area contributed by atoms with Gasteiger partial charge in [-0.05, 0) is 12.3 Å². The fourth-order valence-electron chi connectivity index (χ4n) is 2.51. The first-order valence-corrected chi connectivity index (χ1v) is 6.36. The number of fused-ring (bicyclic) bond motifs is 1. The third kappa shape index (κ3) is 2.01. The van der Waals surface area contributed by atoms with E-state index in [0.29, 0.717) is 17.9 Å². The van der Waals surface area contributed by atoms with Crippen molar-refractivity contribution in [1.82, 2.24) is 14.9 Å². The number of ether oxygens (including phenoxy) is 1. The second-order valence-electron chi connectivity index (χ2n) is 4.86. The first kappa shape index (κ1) is 13.5. The van der Waals surface area contributed by atoms with E-state index < -0.39 is 37.3 Å². The second kappa shape index (κ2) is 5.13. The Hall–Kier alpha value is -1.48. The van der Waals surface area contributed by atoms with Gasteiger partial charge in [0.15, 0.2) is 12.4 Å². The van der Waals surface area contributed by atoms with E-state index in [1.165, 1.54) is 10.9 Å². The Morgan fingerprint density at radius 1 is 1.50 bits per heavy atom. The number of hydrogen-bond donors (Lipinski definition) is 4. The molecule has 4 N–H and O–H groups in total. The van der Waals surface area contributed by atoms with Crippen molar-refractivity contribution < 1.29 is 24.4 Å². The lowest BCUT2D eigenvalue weighted by Gasteiger charge is -2.17. The molecule has 1 aromatic rings. The molecule has 2 aliphatic heterocycles. The number of nitrogens with zero attached hydrogens (tertiary/aromatic N) is 2. The Morgan fingerprint density at radius 3 is 3.00 bits per heavy atom. The molecule has 0 spiro atoms. The lowest BCUT2D eigenvalue weighted by Crippen LogP contribution is -2.30. The molecule has 3 heterocycles. The maximum Gasteiger partial charge on any atom is 0.173 e. The summed E-state index contributed by atoms with van der Waals surface area (Å²) in [6, 6.07) is 0. The van der Waals surface area contributed by atoms with Gasteiger partial charge in [0.1, 0.15) is 18.3 Å². The first-order valence-electron chi connectivity index (χ1n) is 6.36. The highest BCUT2D eigenvalue weighted by Gasteiger charge is 2.45. The highest BCUT2D eigenvalue weighted by molar-refractivity contribution is 5.50. The fourth-order valence-corrected chi connectivity index (χ4v) is 2.51. The summed E-state index contributed by atoms with van der Waals surface area (Å²) < 4.78 is 20.9. The van der Waals surface area contributed by atoms with Gasteiger partial charge in [0.05, 0.1) is 24.3 Å². The van der Waals surface area contributed by atoms with Crippen LogP contribution in [0.3, 0.4) is 0 Å². The minimum Gasteiger partial charge on any atom is -0.394 e. The summed E-state index contributed by atoms with van der Waals surface area (Å²) in [5.74, 6) is 0. The standard InChI is InChI=1S/C12H16FN3O4/c13-9-11(19)8(4-17)20-12(9)16-5-15-10-6(16)1-2-14-3-7(10)18/h1-2,5,7-9,11-12,14,17-19H,3-4H2/t7-,8+,9+,11+,12+/m0/s1. The van der Waals surface area contributed by atoms with Gasteiger partial charge in [0, 0.05) is 6.54 Å². The number of nitrogens with one attached hydrogen (secondary N) is 1. The molecule has 0 amide bonds. The Kier molecular flexibility index (Phi) is 3.47. The zero-order valence-electron chi connectivity index (χ0n) is 10.6. The maximum absolute atomic E-state index is 14.1. The zero-order valence-corrected chi connectivity index (χ0v) is 10.6. The first-order chi connectivity index (χ1) is 9.63. The van der Waals surface area contributed by atoms with Crippen LogP contribution in [0, 0.1) is 0 Å². The highest BCUT2D eigenvalue weighted by Crippen LogP contribution is 2.34. The molecule has 110 valence electrons. The molecule has 0 aromatic carbocycles. The van der Waals surface area contributed by atoms with Gasteiger partial charge >= 0.3 is 0 Å². The van der Waals surface area contributed by atoms with Crippen LogP contribution in [0.2, 0.25) is 0 Å². The van der Waals surface area contributed by atoms with Crippen molar-refractivity contribution in [2.24, 2.45) is 0 Å². The van der Waals surface area contributed by atoms with Crippen LogP contribution in [0.15, 0.2) is 12.5 Å². The van der Waals surface area contributed by atoms with Gasteiger partial charge in [-0.3, -0.25) is 0 Å². The molecule has 0 bridgehead atoms. The van der Waals surface area contributed by atoms with Crippen LogP contribution in [0.1, 0.15) is 23.7 Å². The molecule has 0 aliphatic carbocycles. The molecule has 20 heavy (non-hydrogen) atoms. The monoisotopic (exact) mass is 285 g/mol. The van der Waals surface area contributed by atoms with Gasteiger partial charge in [-0.1, -0.05) is 0 Å². The summed E-state index contributed by atoms with van der Waals surface area (Å²) >= 11 is 0. The number of aliphatic hydroxyl groups excluding tert-OH is 3. The van der Waals surface area contributed by atoms with Crippen molar-refractivity contribution in [3.63, 3.8) is 0 Å². The molecule has 3 rings (SSSR count). The van der Waals surface area contributed by atoms with E-state index in [-0.39, 0.29) is 0 Å². The SMILES string of the molecule is OC[C@H]1O[C@@H](n2cnc3c2C=CNC[C@@H]3O)[C@H](F)[C@@H]1O. The summed E-state index contributed by atoms with van der Waals surface area (Å²) in [6.45, 7) is -0.151. The van der Waals surface area contributed by atoms with Gasteiger partial charge < -0.3 is 29.9 Å². The molecule has 1 fully saturated rings. The van der Waals surface area contributed by atoms with Crippen LogP contribution in [0.25, 0.3) is 6.08 Å². The van der Waals surface area contributed by atoms with Gasteiger partial charge in [-0.15, -0.1) is 0 Å². The average Bonchev–Trinajstić information content (AvgIpc) is 2.92. The van der Waals surface area contributed by atoms with Gasteiger partial charge in [-0.25, -0.2) is 9.37 Å². The average molecular weight is 285 g/mol. The number of rotatable bonds is 2. The number of β-amino-alcohol motifs (C(OH)–C–C–N with tert-alkyl or cyclic N) is 1. The predicted molar refractivity (Wildman–Crippen MR) is 66.1 cm³/mol. The van der Waals surface area contributed by atoms with E-state index in [9.17, 15) is 14.6 Å². The van der Waals surface area contributed by atoms with Crippen LogP contribution in [-0.4, -0.2) is 56.4 Å². The number of aliphatic hydroxyl groups is 3. The lowest BCUT2D eigenvalue weighted by molar-refractivity contribution is -0.0476. The number of imidazole rings is 1. The number of hydrogen-bond acceptors (Lipinski definition) is 6. The van der Waals surface area contributed by atoms with Crippen molar-refractivity contribution in [3.05, 3.63) is 23.9 Å². The Bertz CT molecular complexity index is 521. The van der Waals surface area contributed by atoms with E-state index >= 15 is 0 Å². The van der Waals surface area contributed by atoms with Crippen molar-refractivity contribution in [2.45, 2.75) is 30.7 Å². The summed E-state index contributed by atoms with van der Waals surface area (Å²) in [5.41, 5.74) is 0.935. The van der Waals surface area contributed by atoms with Crippen LogP contribution < -0.4 is 5.32 Å². The molecule has 7 nitrogen and oxygen atoms in total. The quantitative estimate of drug-likeness (QED) is 0.561. The summed E-state index contributed by atoms with van der Waals surface area (Å²) in [5, 5.41) is 31.5. The van der Waals surface area contributed by atoms with E-state index in [4.69, 9.17) is 9.84 Å². The zero-order chi connectivity index (χ0) is 14.3. The van der Waals surface area contributed by atoms with Gasteiger partial charge in [0.2, 0.25) is 0 Å². The summed E-state index contributed by atoms with van der Waals surface area (Å²) in [7, 11) is 0. The van der Waals surface area contributed by atoms with Crippen molar-refractivity contribution in [2.75, 3.05) is 13.2 Å². The molecule has 0 saturated carbocycles. The number of alkyl halides is 1. The summed E-state index contributed by atoms with van der Waals surface area (Å²) in [6.07, 6.45) is -1.25. The molecule has 0 radical (unpaired) electrons. The van der Waals surface area contributed by atoms with Crippen molar-refractivity contribution >= 4 is 6.08 Å². The Morgan fingerprint density at radius 2 is 2.30 bits per heavy atom. The highest BCUT2D eigenvalue weighted by atomic mass is 19.1. The molecule has 0 unspecified atom stereocenters. The van der Waals surface area contributed by atoms with E-state index in [1.807, 2.05) is 0 Å². The number of halogens is 1. The van der Waals surface area contributed by atoms with Crippen molar-refractivity contribution in [3.8, 4) is 0 Å².